The fraction of sp³-hybridized carbons (Fsp3) is 0.367. The largest absolute Gasteiger partial charge is 0.467 e. The van der Waals surface area contributed by atoms with Gasteiger partial charge in [0, 0.05) is 36.8 Å². The van der Waals surface area contributed by atoms with Gasteiger partial charge in [0.25, 0.3) is 0 Å². The second kappa shape index (κ2) is 10.3. The molecule has 11 nitrogen and oxygen atoms in total. The lowest BCUT2D eigenvalue weighted by Crippen LogP contribution is -2.47. The summed E-state index contributed by atoms with van der Waals surface area (Å²) in [5.74, 6) is 0.817. The summed E-state index contributed by atoms with van der Waals surface area (Å²) in [6.07, 6.45) is 6.39. The van der Waals surface area contributed by atoms with Crippen molar-refractivity contribution in [2.45, 2.75) is 44.7 Å². The maximum absolute atomic E-state index is 13.7. The Morgan fingerprint density at radius 2 is 1.88 bits per heavy atom. The number of nitrogens with one attached hydrogen (secondary N) is 1. The van der Waals surface area contributed by atoms with Crippen molar-refractivity contribution >= 4 is 50.2 Å². The number of aromatic nitrogens is 5. The van der Waals surface area contributed by atoms with E-state index in [0.29, 0.717) is 39.7 Å². The first-order valence-electron chi connectivity index (χ1n) is 14.0. The fourth-order valence-electron chi connectivity index (χ4n) is 6.05. The molecule has 3 fully saturated rings. The molecule has 42 heavy (non-hydrogen) atoms. The van der Waals surface area contributed by atoms with Gasteiger partial charge in [-0.1, -0.05) is 12.1 Å². The van der Waals surface area contributed by atoms with Crippen LogP contribution < -0.4 is 10.1 Å². The van der Waals surface area contributed by atoms with Crippen LogP contribution in [0, 0.1) is 11.8 Å². The SMILES string of the molecule is COc1ncc(-c2ccc3c(c2)c(C(C)=O)nn3CC(=O)N2C[C@H]3C[C@H]3[C@H]2C(=O)Nc2nc(Br)ccc2C2CC2)cn1. The molecule has 1 aromatic carbocycles. The number of carbonyl (C=O) groups is 3. The maximum atomic E-state index is 13.7. The molecule has 214 valence electrons. The second-order valence-electron chi connectivity index (χ2n) is 11.2. The van der Waals surface area contributed by atoms with Gasteiger partial charge in [-0.15, -0.1) is 0 Å². The molecule has 3 aliphatic rings. The van der Waals surface area contributed by atoms with Gasteiger partial charge in [0.1, 0.15) is 28.7 Å². The van der Waals surface area contributed by atoms with Crippen molar-refractivity contribution < 1.29 is 19.1 Å². The number of nitrogens with zero attached hydrogens (tertiary/aromatic N) is 6. The number of hydrogen-bond acceptors (Lipinski definition) is 8. The van der Waals surface area contributed by atoms with Crippen LogP contribution in [0.15, 0.2) is 47.3 Å². The van der Waals surface area contributed by atoms with Crippen LogP contribution in [-0.4, -0.2) is 66.9 Å². The summed E-state index contributed by atoms with van der Waals surface area (Å²) in [6, 6.07) is 9.17. The molecule has 2 amide bonds. The zero-order chi connectivity index (χ0) is 29.1. The molecule has 1 N–H and O–H groups in total. The van der Waals surface area contributed by atoms with Gasteiger partial charge in [-0.05, 0) is 82.3 Å². The number of fused-ring (bicyclic) bond motifs is 2. The number of pyridine rings is 1. The monoisotopic (exact) mass is 629 g/mol. The molecule has 3 atom stereocenters. The highest BCUT2D eigenvalue weighted by Crippen LogP contribution is 2.50. The molecule has 0 unspecified atom stereocenters. The minimum atomic E-state index is -0.564. The Hall–Kier alpha value is -4.19. The molecule has 4 heterocycles. The molecule has 2 aliphatic carbocycles. The van der Waals surface area contributed by atoms with Gasteiger partial charge in [0.2, 0.25) is 11.8 Å². The van der Waals surface area contributed by atoms with Crippen LogP contribution in [0.4, 0.5) is 5.82 Å². The first-order chi connectivity index (χ1) is 20.3. The predicted octanol–water partition coefficient (Wildman–Crippen LogP) is 4.23. The van der Waals surface area contributed by atoms with Crippen LogP contribution in [0.25, 0.3) is 22.0 Å². The lowest BCUT2D eigenvalue weighted by Gasteiger charge is -2.27. The molecule has 0 radical (unpaired) electrons. The minimum absolute atomic E-state index is 0.0829. The standard InChI is InChI=1S/C30H28BrN7O4/c1-15(39)26-22-9-17(19-11-32-30(42-2)33-12-19)5-7-23(22)38(36-26)14-25(40)37-13-18-10-21(18)27(37)29(41)35-28-20(16-3-4-16)6-8-24(31)34-28/h5-9,11-12,16,18,21,27H,3-4,10,13-14H2,1-2H3,(H,34,35,41)/t18-,21-,27+/m1/s1. The average molecular weight is 631 g/mol. The normalized spacial score (nSPS) is 20.8. The fourth-order valence-corrected chi connectivity index (χ4v) is 6.36. The van der Waals surface area contributed by atoms with Crippen LogP contribution in [0.5, 0.6) is 6.01 Å². The van der Waals surface area contributed by atoms with Gasteiger partial charge >= 0.3 is 6.01 Å². The third-order valence-corrected chi connectivity index (χ3v) is 8.84. The highest BCUT2D eigenvalue weighted by Gasteiger charge is 2.57. The lowest BCUT2D eigenvalue weighted by atomic mass is 10.0. The Bertz CT molecular complexity index is 1750. The van der Waals surface area contributed by atoms with E-state index in [1.54, 1.807) is 22.0 Å². The minimum Gasteiger partial charge on any atom is -0.467 e. The van der Waals surface area contributed by atoms with Crippen LogP contribution >= 0.6 is 15.9 Å². The summed E-state index contributed by atoms with van der Waals surface area (Å²) in [5, 5.41) is 8.20. The summed E-state index contributed by atoms with van der Waals surface area (Å²) in [6.45, 7) is 1.90. The van der Waals surface area contributed by atoms with E-state index in [1.807, 2.05) is 30.3 Å². The molecular formula is C30H28BrN7O4. The third kappa shape index (κ3) is 4.83. The Balaban J connectivity index is 1.14. The number of methoxy groups -OCH3 is 1. The highest BCUT2D eigenvalue weighted by molar-refractivity contribution is 9.10. The van der Waals surface area contributed by atoms with E-state index in [-0.39, 0.29) is 41.8 Å². The average Bonchev–Trinajstić information content (AvgIpc) is 3.91. The molecule has 0 spiro atoms. The van der Waals surface area contributed by atoms with E-state index in [4.69, 9.17) is 4.74 Å². The molecule has 7 rings (SSSR count). The molecule has 1 aliphatic heterocycles. The molecule has 2 saturated carbocycles. The predicted molar refractivity (Wildman–Crippen MR) is 157 cm³/mol. The van der Waals surface area contributed by atoms with Crippen molar-refractivity contribution in [2.75, 3.05) is 19.0 Å². The van der Waals surface area contributed by atoms with Gasteiger partial charge in [-0.2, -0.15) is 5.10 Å². The number of hydrogen-bond donors (Lipinski definition) is 1. The third-order valence-electron chi connectivity index (χ3n) is 8.40. The number of carbonyl (C=O) groups excluding carboxylic acids is 3. The second-order valence-corrected chi connectivity index (χ2v) is 12.1. The van der Waals surface area contributed by atoms with Gasteiger partial charge in [-0.3, -0.25) is 19.1 Å². The number of rotatable bonds is 8. The van der Waals surface area contributed by atoms with Crippen LogP contribution in [0.3, 0.4) is 0 Å². The number of ketones is 1. The van der Waals surface area contributed by atoms with Crippen molar-refractivity contribution in [2.24, 2.45) is 11.8 Å². The molecular weight excluding hydrogens is 602 g/mol. The topological polar surface area (TPSA) is 132 Å². The van der Waals surface area contributed by atoms with Crippen molar-refractivity contribution in [3.05, 3.63) is 58.6 Å². The summed E-state index contributed by atoms with van der Waals surface area (Å²) in [5.41, 5.74) is 3.54. The van der Waals surface area contributed by atoms with Crippen molar-refractivity contribution in [1.29, 1.82) is 0 Å². The summed E-state index contributed by atoms with van der Waals surface area (Å²) < 4.78 is 7.26. The molecule has 3 aromatic heterocycles. The number of anilines is 1. The van der Waals surface area contributed by atoms with Gasteiger partial charge in [-0.25, -0.2) is 15.0 Å². The van der Waals surface area contributed by atoms with Crippen LogP contribution in [0.1, 0.15) is 48.2 Å². The van der Waals surface area contributed by atoms with Gasteiger partial charge in [0.15, 0.2) is 5.78 Å². The molecule has 12 heteroatoms. The van der Waals surface area contributed by atoms with E-state index < -0.39 is 6.04 Å². The van der Waals surface area contributed by atoms with Crippen molar-refractivity contribution in [3.8, 4) is 17.1 Å². The number of likely N-dealkylation sites (tertiary alicyclic amines) is 1. The van der Waals surface area contributed by atoms with E-state index in [0.717, 1.165) is 36.0 Å². The quantitative estimate of drug-likeness (QED) is 0.226. The number of halogens is 1. The van der Waals surface area contributed by atoms with Crippen LogP contribution in [-0.2, 0) is 16.1 Å². The van der Waals surface area contributed by atoms with Crippen LogP contribution in [0.2, 0.25) is 0 Å². The van der Waals surface area contributed by atoms with E-state index in [2.05, 4.69) is 41.3 Å². The number of ether oxygens (including phenoxy) is 1. The van der Waals surface area contributed by atoms with E-state index >= 15 is 0 Å². The summed E-state index contributed by atoms with van der Waals surface area (Å²) in [4.78, 5) is 54.4. The number of piperidine rings is 1. The molecule has 0 bridgehead atoms. The maximum Gasteiger partial charge on any atom is 0.316 e. The Labute approximate surface area is 249 Å². The molecule has 4 aromatic rings. The summed E-state index contributed by atoms with van der Waals surface area (Å²) >= 11 is 3.41. The number of benzene rings is 1. The Morgan fingerprint density at radius 1 is 1.10 bits per heavy atom. The first kappa shape index (κ1) is 26.7. The zero-order valence-corrected chi connectivity index (χ0v) is 24.7. The smallest absolute Gasteiger partial charge is 0.316 e. The van der Waals surface area contributed by atoms with E-state index in [1.165, 1.54) is 14.0 Å². The summed E-state index contributed by atoms with van der Waals surface area (Å²) in [7, 11) is 1.50. The van der Waals surface area contributed by atoms with Crippen molar-refractivity contribution in [1.82, 2.24) is 29.6 Å². The zero-order valence-electron chi connectivity index (χ0n) is 23.1. The number of Topliss-reactive ketones (excluding diaryl/α,β-unsaturated/α-hetero) is 1. The van der Waals surface area contributed by atoms with E-state index in [9.17, 15) is 14.4 Å². The highest BCUT2D eigenvalue weighted by atomic mass is 79.9. The number of amides is 2. The van der Waals surface area contributed by atoms with Gasteiger partial charge in [0.05, 0.1) is 12.6 Å². The lowest BCUT2D eigenvalue weighted by molar-refractivity contribution is -0.138. The van der Waals surface area contributed by atoms with Gasteiger partial charge < -0.3 is 15.0 Å². The van der Waals surface area contributed by atoms with Crippen molar-refractivity contribution in [3.63, 3.8) is 0 Å². The Kier molecular flexibility index (Phi) is 6.52. The Morgan fingerprint density at radius 3 is 2.60 bits per heavy atom. The first-order valence-corrected chi connectivity index (χ1v) is 14.7. The molecule has 1 saturated heterocycles.